The van der Waals surface area contributed by atoms with Crippen molar-refractivity contribution in [3.05, 3.63) is 30.2 Å². The average Bonchev–Trinajstić information content (AvgIpc) is 2.66. The molecular weight excluding hydrogens is 202 g/mol. The Hall–Kier alpha value is -1.55. The molecule has 5 heteroatoms. The molecule has 4 nitrogen and oxygen atoms in total. The van der Waals surface area contributed by atoms with Crippen LogP contribution in [0.3, 0.4) is 0 Å². The topological polar surface area (TPSA) is 64.9 Å². The van der Waals surface area contributed by atoms with Crippen LogP contribution in [0.5, 0.6) is 0 Å². The molecule has 0 atom stereocenters. The number of alkyl halides is 1. The molecule has 2 N–H and O–H groups in total. The van der Waals surface area contributed by atoms with Crippen LogP contribution >= 0.6 is 11.6 Å². The van der Waals surface area contributed by atoms with Gasteiger partial charge in [0.05, 0.1) is 0 Å². The third-order valence-electron chi connectivity index (χ3n) is 1.73. The van der Waals surface area contributed by atoms with Gasteiger partial charge in [-0.2, -0.15) is 4.98 Å². The lowest BCUT2D eigenvalue weighted by Gasteiger charge is -1.94. The molecule has 1 aromatic carbocycles. The third-order valence-corrected chi connectivity index (χ3v) is 1.96. The van der Waals surface area contributed by atoms with Crippen LogP contribution in [-0.4, -0.2) is 10.1 Å². The number of rotatable bonds is 2. The molecule has 0 bridgehead atoms. The van der Waals surface area contributed by atoms with Crippen LogP contribution < -0.4 is 5.73 Å². The van der Waals surface area contributed by atoms with E-state index in [4.69, 9.17) is 21.9 Å². The molecule has 1 heterocycles. The minimum absolute atomic E-state index is 0.218. The van der Waals surface area contributed by atoms with Crippen molar-refractivity contribution < 1.29 is 4.52 Å². The highest BCUT2D eigenvalue weighted by atomic mass is 35.5. The third kappa shape index (κ3) is 1.70. The number of nitrogens with zero attached hydrogens (tertiary/aromatic N) is 2. The normalized spacial score (nSPS) is 10.4. The fraction of sp³-hybridized carbons (Fsp3) is 0.111. The molecule has 0 aliphatic heterocycles. The summed E-state index contributed by atoms with van der Waals surface area (Å²) < 4.78 is 4.87. The van der Waals surface area contributed by atoms with Gasteiger partial charge >= 0.3 is 0 Å². The number of benzene rings is 1. The smallest absolute Gasteiger partial charge is 0.241 e. The van der Waals surface area contributed by atoms with Crippen LogP contribution in [0.4, 0.5) is 5.69 Å². The molecule has 0 amide bonds. The van der Waals surface area contributed by atoms with Gasteiger partial charge in [-0.05, 0) is 12.1 Å². The molecule has 0 radical (unpaired) electrons. The summed E-state index contributed by atoms with van der Waals surface area (Å²) in [6.45, 7) is 0. The molecule has 14 heavy (non-hydrogen) atoms. The van der Waals surface area contributed by atoms with Crippen molar-refractivity contribution in [2.75, 3.05) is 5.73 Å². The quantitative estimate of drug-likeness (QED) is 0.607. The van der Waals surface area contributed by atoms with E-state index in [9.17, 15) is 0 Å². The molecule has 0 spiro atoms. The minimum atomic E-state index is 0.218. The van der Waals surface area contributed by atoms with Crippen molar-refractivity contribution in [3.8, 4) is 11.4 Å². The van der Waals surface area contributed by atoms with E-state index in [0.29, 0.717) is 17.4 Å². The van der Waals surface area contributed by atoms with Crippen molar-refractivity contribution in [3.63, 3.8) is 0 Å². The van der Waals surface area contributed by atoms with E-state index in [-0.39, 0.29) is 5.88 Å². The van der Waals surface area contributed by atoms with Crippen molar-refractivity contribution in [2.45, 2.75) is 5.88 Å². The van der Waals surface area contributed by atoms with Gasteiger partial charge in [-0.1, -0.05) is 17.3 Å². The van der Waals surface area contributed by atoms with Crippen molar-refractivity contribution in [2.24, 2.45) is 0 Å². The summed E-state index contributed by atoms with van der Waals surface area (Å²) in [6, 6.07) is 7.27. The molecule has 1 aromatic heterocycles. The van der Waals surface area contributed by atoms with Gasteiger partial charge in [0, 0.05) is 11.3 Å². The summed E-state index contributed by atoms with van der Waals surface area (Å²) in [7, 11) is 0. The lowest BCUT2D eigenvalue weighted by molar-refractivity contribution is 0.391. The zero-order valence-electron chi connectivity index (χ0n) is 7.27. The summed E-state index contributed by atoms with van der Waals surface area (Å²) in [4.78, 5) is 4.07. The highest BCUT2D eigenvalue weighted by Gasteiger charge is 2.06. The van der Waals surface area contributed by atoms with Gasteiger partial charge in [0.1, 0.15) is 5.88 Å². The molecular formula is C9H8ClN3O. The Morgan fingerprint density at radius 3 is 2.93 bits per heavy atom. The molecule has 0 fully saturated rings. The van der Waals surface area contributed by atoms with Gasteiger partial charge in [0.25, 0.3) is 0 Å². The van der Waals surface area contributed by atoms with Crippen molar-refractivity contribution in [1.82, 2.24) is 10.1 Å². The summed E-state index contributed by atoms with van der Waals surface area (Å²) >= 11 is 5.54. The maximum atomic E-state index is 5.62. The summed E-state index contributed by atoms with van der Waals surface area (Å²) in [5, 5.41) is 3.77. The molecule has 0 aliphatic rings. The van der Waals surface area contributed by atoms with Crippen molar-refractivity contribution >= 4 is 17.3 Å². The first-order chi connectivity index (χ1) is 6.79. The molecule has 2 aromatic rings. The first kappa shape index (κ1) is 9.02. The van der Waals surface area contributed by atoms with Crippen LogP contribution in [0.1, 0.15) is 5.89 Å². The lowest BCUT2D eigenvalue weighted by Crippen LogP contribution is -1.86. The Morgan fingerprint density at radius 2 is 2.29 bits per heavy atom. The maximum Gasteiger partial charge on any atom is 0.241 e. The van der Waals surface area contributed by atoms with Crippen LogP contribution in [0, 0.1) is 0 Å². The largest absolute Gasteiger partial charge is 0.399 e. The van der Waals surface area contributed by atoms with Gasteiger partial charge in [0.2, 0.25) is 11.7 Å². The SMILES string of the molecule is Nc1cccc(-c2noc(CCl)n2)c1. The second-order valence-corrected chi connectivity index (χ2v) is 3.04. The number of hydrogen-bond acceptors (Lipinski definition) is 4. The molecule has 0 aliphatic carbocycles. The number of halogens is 1. The van der Waals surface area contributed by atoms with Gasteiger partial charge < -0.3 is 10.3 Å². The van der Waals surface area contributed by atoms with E-state index in [1.165, 1.54) is 0 Å². The minimum Gasteiger partial charge on any atom is -0.399 e. The molecule has 0 unspecified atom stereocenters. The lowest BCUT2D eigenvalue weighted by atomic mass is 10.2. The highest BCUT2D eigenvalue weighted by Crippen LogP contribution is 2.18. The van der Waals surface area contributed by atoms with E-state index >= 15 is 0 Å². The second kappa shape index (κ2) is 3.67. The molecule has 0 saturated heterocycles. The van der Waals surface area contributed by atoms with E-state index in [1.54, 1.807) is 12.1 Å². The fourth-order valence-electron chi connectivity index (χ4n) is 1.10. The fourth-order valence-corrected chi connectivity index (χ4v) is 1.21. The number of anilines is 1. The van der Waals surface area contributed by atoms with Crippen LogP contribution in [0.15, 0.2) is 28.8 Å². The predicted molar refractivity (Wildman–Crippen MR) is 53.7 cm³/mol. The summed E-state index contributed by atoms with van der Waals surface area (Å²) in [5.41, 5.74) is 7.11. The number of hydrogen-bond donors (Lipinski definition) is 1. The Balaban J connectivity index is 2.39. The maximum absolute atomic E-state index is 5.62. The zero-order chi connectivity index (χ0) is 9.97. The molecule has 72 valence electrons. The zero-order valence-corrected chi connectivity index (χ0v) is 8.03. The number of nitrogens with two attached hydrogens (primary N) is 1. The number of aromatic nitrogens is 2. The van der Waals surface area contributed by atoms with E-state index in [1.807, 2.05) is 12.1 Å². The van der Waals surface area contributed by atoms with Crippen LogP contribution in [0.2, 0.25) is 0 Å². The number of nitrogen functional groups attached to an aromatic ring is 1. The first-order valence-corrected chi connectivity index (χ1v) is 4.57. The van der Waals surface area contributed by atoms with E-state index in [0.717, 1.165) is 5.56 Å². The van der Waals surface area contributed by atoms with Crippen LogP contribution in [-0.2, 0) is 5.88 Å². The monoisotopic (exact) mass is 209 g/mol. The van der Waals surface area contributed by atoms with Crippen molar-refractivity contribution in [1.29, 1.82) is 0 Å². The summed E-state index contributed by atoms with van der Waals surface area (Å²) in [6.07, 6.45) is 0. The summed E-state index contributed by atoms with van der Waals surface area (Å²) in [5.74, 6) is 1.13. The van der Waals surface area contributed by atoms with E-state index in [2.05, 4.69) is 10.1 Å². The second-order valence-electron chi connectivity index (χ2n) is 2.77. The average molecular weight is 210 g/mol. The van der Waals surface area contributed by atoms with Gasteiger partial charge in [-0.3, -0.25) is 0 Å². The standard InChI is InChI=1S/C9H8ClN3O/c10-5-8-12-9(13-14-8)6-2-1-3-7(11)4-6/h1-4H,5,11H2. The highest BCUT2D eigenvalue weighted by molar-refractivity contribution is 6.16. The Bertz CT molecular complexity index is 441. The predicted octanol–water partition coefficient (Wildman–Crippen LogP) is 2.06. The Labute approximate surface area is 85.7 Å². The molecule has 0 saturated carbocycles. The Kier molecular flexibility index (Phi) is 2.37. The van der Waals surface area contributed by atoms with Gasteiger partial charge in [0.15, 0.2) is 0 Å². The van der Waals surface area contributed by atoms with Crippen LogP contribution in [0.25, 0.3) is 11.4 Å². The van der Waals surface area contributed by atoms with E-state index < -0.39 is 0 Å². The Morgan fingerprint density at radius 1 is 1.43 bits per heavy atom. The first-order valence-electron chi connectivity index (χ1n) is 4.04. The van der Waals surface area contributed by atoms with Gasteiger partial charge in [-0.25, -0.2) is 0 Å². The molecule has 2 rings (SSSR count). The van der Waals surface area contributed by atoms with Gasteiger partial charge in [-0.15, -0.1) is 11.6 Å².